The first-order chi connectivity index (χ1) is 8.34. The van der Waals surface area contributed by atoms with Crippen molar-refractivity contribution in [1.82, 2.24) is 4.98 Å². The molecule has 2 aromatic rings. The lowest BCUT2D eigenvalue weighted by Gasteiger charge is -2.20. The second kappa shape index (κ2) is 4.48. The lowest BCUT2D eigenvalue weighted by atomic mass is 9.91. The van der Waals surface area contributed by atoms with Crippen molar-refractivity contribution >= 4 is 32.5 Å². The Morgan fingerprint density at radius 1 is 1.33 bits per heavy atom. The molecule has 1 aromatic heterocycles. The van der Waals surface area contributed by atoms with Gasteiger partial charge in [-0.2, -0.15) is 0 Å². The predicted octanol–water partition coefficient (Wildman–Crippen LogP) is 3.72. The highest BCUT2D eigenvalue weighted by molar-refractivity contribution is 9.10. The largest absolute Gasteiger partial charge is 0.323 e. The van der Waals surface area contributed by atoms with E-state index >= 15 is 0 Å². The number of rotatable bonds is 1. The Morgan fingerprint density at radius 3 is 2.56 bits per heavy atom. The molecule has 0 unspecified atom stereocenters. The zero-order valence-corrected chi connectivity index (χ0v) is 12.1. The van der Waals surface area contributed by atoms with Crippen LogP contribution >= 0.6 is 15.9 Å². The van der Waals surface area contributed by atoms with Crippen LogP contribution in [0.5, 0.6) is 0 Å². The fraction of sp³-hybridized carbons (Fsp3) is 0.308. The van der Waals surface area contributed by atoms with Crippen LogP contribution in [0, 0.1) is 5.82 Å². The van der Waals surface area contributed by atoms with Crippen LogP contribution in [0.3, 0.4) is 0 Å². The summed E-state index contributed by atoms with van der Waals surface area (Å²) < 4.78 is 14.7. The molecule has 1 heterocycles. The summed E-state index contributed by atoms with van der Waals surface area (Å²) in [7, 11) is 0. The number of aromatic nitrogens is 1. The maximum Gasteiger partial charge on any atom is 0.149 e. The van der Waals surface area contributed by atoms with Crippen molar-refractivity contribution in [2.75, 3.05) is 5.43 Å². The first-order valence-corrected chi connectivity index (χ1v) is 6.39. The van der Waals surface area contributed by atoms with Gasteiger partial charge >= 0.3 is 0 Å². The van der Waals surface area contributed by atoms with Crippen molar-refractivity contribution in [3.05, 3.63) is 34.2 Å². The van der Waals surface area contributed by atoms with Crippen molar-refractivity contribution in [1.29, 1.82) is 0 Å². The second-order valence-electron chi connectivity index (χ2n) is 5.20. The zero-order chi connectivity index (χ0) is 13.5. The summed E-state index contributed by atoms with van der Waals surface area (Å²) in [6, 6.07) is 4.90. The Kier molecular flexibility index (Phi) is 3.29. The number of nitrogens with one attached hydrogen (secondary N) is 1. The highest BCUT2D eigenvalue weighted by Gasteiger charge is 2.20. The minimum atomic E-state index is -0.351. The Labute approximate surface area is 114 Å². The number of nitrogens with two attached hydrogens (primary N) is 1. The predicted molar refractivity (Wildman–Crippen MR) is 75.9 cm³/mol. The van der Waals surface area contributed by atoms with E-state index in [0.29, 0.717) is 16.6 Å². The first-order valence-electron chi connectivity index (χ1n) is 5.60. The number of hydrogen-bond acceptors (Lipinski definition) is 3. The van der Waals surface area contributed by atoms with Gasteiger partial charge in [0.2, 0.25) is 0 Å². The molecule has 96 valence electrons. The molecule has 0 aliphatic carbocycles. The maximum absolute atomic E-state index is 13.9. The normalized spacial score (nSPS) is 11.9. The van der Waals surface area contributed by atoms with Gasteiger partial charge in [0.15, 0.2) is 0 Å². The van der Waals surface area contributed by atoms with Crippen molar-refractivity contribution in [2.45, 2.75) is 26.2 Å². The van der Waals surface area contributed by atoms with Crippen LogP contribution in [-0.2, 0) is 5.41 Å². The van der Waals surface area contributed by atoms with Crippen LogP contribution in [0.15, 0.2) is 22.7 Å². The number of pyridine rings is 1. The smallest absolute Gasteiger partial charge is 0.149 e. The third-order valence-corrected chi connectivity index (χ3v) is 3.45. The van der Waals surface area contributed by atoms with Crippen LogP contribution < -0.4 is 11.3 Å². The molecule has 0 spiro atoms. The molecule has 0 radical (unpaired) electrons. The van der Waals surface area contributed by atoms with Gasteiger partial charge in [-0.15, -0.1) is 0 Å². The summed E-state index contributed by atoms with van der Waals surface area (Å²) in [6.45, 7) is 6.08. The number of nitrogen functional groups attached to an aromatic ring is 1. The fourth-order valence-corrected chi connectivity index (χ4v) is 2.30. The van der Waals surface area contributed by atoms with Crippen LogP contribution in [0.2, 0.25) is 0 Å². The molecule has 0 saturated carbocycles. The van der Waals surface area contributed by atoms with Gasteiger partial charge in [0.05, 0.1) is 5.69 Å². The molecule has 0 aliphatic rings. The molecule has 0 aliphatic heterocycles. The third-order valence-electron chi connectivity index (χ3n) is 2.78. The molecule has 18 heavy (non-hydrogen) atoms. The Bertz CT molecular complexity index is 605. The molecule has 2 rings (SSSR count). The molecule has 0 amide bonds. The standard InChI is InChI=1S/C13H15BrFN3/c1-13(2,3)10-6-9(18-16)11-7(14)4-5-8(15)12(11)17-10/h4-6H,16H2,1-3H3,(H,17,18). The van der Waals surface area contributed by atoms with Crippen molar-refractivity contribution in [3.63, 3.8) is 0 Å². The highest BCUT2D eigenvalue weighted by atomic mass is 79.9. The van der Waals surface area contributed by atoms with Gasteiger partial charge in [-0.25, -0.2) is 9.37 Å². The zero-order valence-electron chi connectivity index (χ0n) is 10.5. The van der Waals surface area contributed by atoms with Gasteiger partial charge in [0, 0.05) is 21.0 Å². The van der Waals surface area contributed by atoms with Crippen LogP contribution in [-0.4, -0.2) is 4.98 Å². The van der Waals surface area contributed by atoms with Gasteiger partial charge < -0.3 is 5.43 Å². The minimum absolute atomic E-state index is 0.172. The third kappa shape index (κ3) is 2.20. The lowest BCUT2D eigenvalue weighted by Crippen LogP contribution is -2.16. The van der Waals surface area contributed by atoms with Crippen molar-refractivity contribution in [2.24, 2.45) is 5.84 Å². The molecular formula is C13H15BrFN3. The van der Waals surface area contributed by atoms with Gasteiger partial charge in [-0.1, -0.05) is 36.7 Å². The Hall–Kier alpha value is -1.20. The molecule has 0 fully saturated rings. The number of nitrogens with zero attached hydrogens (tertiary/aromatic N) is 1. The number of hydrazine groups is 1. The molecule has 0 saturated heterocycles. The van der Waals surface area contributed by atoms with Gasteiger partial charge in [-0.05, 0) is 18.2 Å². The number of fused-ring (bicyclic) bond motifs is 1. The maximum atomic E-state index is 13.9. The molecule has 3 nitrogen and oxygen atoms in total. The highest BCUT2D eigenvalue weighted by Crippen LogP contribution is 2.34. The van der Waals surface area contributed by atoms with E-state index in [4.69, 9.17) is 5.84 Å². The average Bonchev–Trinajstić information content (AvgIpc) is 2.31. The molecule has 3 N–H and O–H groups in total. The van der Waals surface area contributed by atoms with E-state index in [9.17, 15) is 4.39 Å². The number of benzene rings is 1. The van der Waals surface area contributed by atoms with E-state index in [1.54, 1.807) is 6.07 Å². The summed E-state index contributed by atoms with van der Waals surface area (Å²) >= 11 is 3.40. The van der Waals surface area contributed by atoms with E-state index in [1.807, 2.05) is 26.8 Å². The van der Waals surface area contributed by atoms with Crippen molar-refractivity contribution in [3.8, 4) is 0 Å². The average molecular weight is 312 g/mol. The number of halogens is 2. The Balaban J connectivity index is 2.88. The molecule has 5 heteroatoms. The Morgan fingerprint density at radius 2 is 2.00 bits per heavy atom. The minimum Gasteiger partial charge on any atom is -0.323 e. The summed E-state index contributed by atoms with van der Waals surface area (Å²) in [6.07, 6.45) is 0. The van der Waals surface area contributed by atoms with Crippen LogP contribution in [0.25, 0.3) is 10.9 Å². The SMILES string of the molecule is CC(C)(C)c1cc(NN)c2c(Br)ccc(F)c2n1. The quantitative estimate of drug-likeness (QED) is 0.623. The molecular weight excluding hydrogens is 297 g/mol. The van der Waals surface area contributed by atoms with E-state index in [-0.39, 0.29) is 11.2 Å². The first kappa shape index (κ1) is 13.2. The molecule has 0 bridgehead atoms. The van der Waals surface area contributed by atoms with E-state index in [0.717, 1.165) is 10.2 Å². The van der Waals surface area contributed by atoms with E-state index in [2.05, 4.69) is 26.3 Å². The summed E-state index contributed by atoms with van der Waals surface area (Å²) in [5.41, 5.74) is 4.22. The fourth-order valence-electron chi connectivity index (χ4n) is 1.77. The molecule has 0 atom stereocenters. The van der Waals surface area contributed by atoms with Crippen LogP contribution in [0.4, 0.5) is 10.1 Å². The summed E-state index contributed by atoms with van der Waals surface area (Å²) in [4.78, 5) is 4.41. The van der Waals surface area contributed by atoms with Gasteiger partial charge in [-0.3, -0.25) is 5.84 Å². The topological polar surface area (TPSA) is 50.9 Å². The van der Waals surface area contributed by atoms with Crippen LogP contribution in [0.1, 0.15) is 26.5 Å². The van der Waals surface area contributed by atoms with Gasteiger partial charge in [0.1, 0.15) is 11.3 Å². The van der Waals surface area contributed by atoms with Gasteiger partial charge in [0.25, 0.3) is 0 Å². The van der Waals surface area contributed by atoms with Crippen molar-refractivity contribution < 1.29 is 4.39 Å². The molecule has 1 aromatic carbocycles. The number of anilines is 1. The monoisotopic (exact) mass is 311 g/mol. The summed E-state index contributed by atoms with van der Waals surface area (Å²) in [5, 5.41) is 0.658. The number of hydrogen-bond donors (Lipinski definition) is 2. The second-order valence-corrected chi connectivity index (χ2v) is 6.06. The summed E-state index contributed by atoms with van der Waals surface area (Å²) in [5.74, 6) is 5.17. The van der Waals surface area contributed by atoms with E-state index < -0.39 is 0 Å². The van der Waals surface area contributed by atoms with E-state index in [1.165, 1.54) is 6.07 Å². The lowest BCUT2D eigenvalue weighted by molar-refractivity contribution is 0.569.